The number of benzene rings is 1. The van der Waals surface area contributed by atoms with Gasteiger partial charge >= 0.3 is 5.63 Å². The van der Waals surface area contributed by atoms with Crippen molar-refractivity contribution in [2.24, 2.45) is 0 Å². The Morgan fingerprint density at radius 2 is 1.95 bits per heavy atom. The number of hydroxylamine groups is 2. The van der Waals surface area contributed by atoms with Crippen LogP contribution in [0.1, 0.15) is 10.4 Å². The molecular weight excluding hydrogens is 286 g/mol. The van der Waals surface area contributed by atoms with E-state index in [9.17, 15) is 18.0 Å². The van der Waals surface area contributed by atoms with Gasteiger partial charge in [-0.05, 0) is 12.1 Å². The van der Waals surface area contributed by atoms with Crippen molar-refractivity contribution in [2.45, 2.75) is 0 Å². The van der Waals surface area contributed by atoms with Gasteiger partial charge in [-0.25, -0.2) is 9.86 Å². The van der Waals surface area contributed by atoms with Crippen LogP contribution >= 0.6 is 0 Å². The van der Waals surface area contributed by atoms with Crippen molar-refractivity contribution in [2.75, 3.05) is 13.3 Å². The van der Waals surface area contributed by atoms with Gasteiger partial charge in [-0.1, -0.05) is 18.2 Å². The Morgan fingerprint density at radius 3 is 2.60 bits per heavy atom. The average Bonchev–Trinajstić information content (AvgIpc) is 2.35. The molecule has 106 valence electrons. The molecule has 1 aromatic heterocycles. The van der Waals surface area contributed by atoms with E-state index in [1.165, 1.54) is 6.07 Å². The first-order valence-corrected chi connectivity index (χ1v) is 7.30. The Hall–Kier alpha value is -2.19. The van der Waals surface area contributed by atoms with Crippen molar-refractivity contribution in [1.82, 2.24) is 5.06 Å². The van der Waals surface area contributed by atoms with E-state index in [4.69, 9.17) is 4.42 Å². The Labute approximate surface area is 114 Å². The number of carbonyl (C=O) groups excluding carboxylic acids is 1. The van der Waals surface area contributed by atoms with Gasteiger partial charge in [0.2, 0.25) is 0 Å². The predicted octanol–water partition coefficient (Wildman–Crippen LogP) is 0.756. The number of rotatable bonds is 3. The van der Waals surface area contributed by atoms with Crippen LogP contribution in [-0.2, 0) is 14.4 Å². The molecule has 0 fully saturated rings. The molecule has 7 nitrogen and oxygen atoms in total. The van der Waals surface area contributed by atoms with Gasteiger partial charge in [0.1, 0.15) is 11.1 Å². The van der Waals surface area contributed by atoms with Crippen LogP contribution in [0.4, 0.5) is 0 Å². The summed E-state index contributed by atoms with van der Waals surface area (Å²) in [7, 11) is -2.76. The van der Waals surface area contributed by atoms with Crippen LogP contribution in [0.5, 0.6) is 0 Å². The molecule has 8 heteroatoms. The maximum atomic E-state index is 12.0. The zero-order valence-electron chi connectivity index (χ0n) is 10.7. The summed E-state index contributed by atoms with van der Waals surface area (Å²) < 4.78 is 31.3. The lowest BCUT2D eigenvalue weighted by Crippen LogP contribution is -2.32. The average molecular weight is 297 g/mol. The van der Waals surface area contributed by atoms with E-state index in [1.54, 1.807) is 24.3 Å². The first-order chi connectivity index (χ1) is 9.28. The maximum absolute atomic E-state index is 12.0. The zero-order valence-corrected chi connectivity index (χ0v) is 11.5. The van der Waals surface area contributed by atoms with Crippen LogP contribution in [0.25, 0.3) is 11.0 Å². The standard InChI is InChI=1S/C12H11NO6S/c1-13(19-20(2,16)17)11(14)9-7-8-5-3-4-6-10(8)18-12(9)15/h3-7H,1-2H3. The highest BCUT2D eigenvalue weighted by molar-refractivity contribution is 7.85. The molecule has 0 aliphatic heterocycles. The molecule has 20 heavy (non-hydrogen) atoms. The summed E-state index contributed by atoms with van der Waals surface area (Å²) in [5, 5.41) is 1.01. The smallest absolute Gasteiger partial charge is 0.349 e. The highest BCUT2D eigenvalue weighted by Gasteiger charge is 2.21. The molecule has 0 N–H and O–H groups in total. The number of hydrogen-bond acceptors (Lipinski definition) is 6. The fraction of sp³-hybridized carbons (Fsp3) is 0.167. The van der Waals surface area contributed by atoms with E-state index in [0.29, 0.717) is 16.0 Å². The first-order valence-electron chi connectivity index (χ1n) is 5.48. The molecule has 0 saturated carbocycles. The lowest BCUT2D eigenvalue weighted by atomic mass is 10.2. The Balaban J connectivity index is 2.44. The summed E-state index contributed by atoms with van der Waals surface area (Å²) in [5.41, 5.74) is -0.840. The molecule has 2 aromatic rings. The minimum absolute atomic E-state index is 0.310. The third-order valence-corrected chi connectivity index (χ3v) is 2.90. The van der Waals surface area contributed by atoms with Crippen LogP contribution in [0.3, 0.4) is 0 Å². The molecule has 0 aliphatic carbocycles. The number of para-hydroxylation sites is 1. The number of amides is 1. The lowest BCUT2D eigenvalue weighted by molar-refractivity contribution is -0.00842. The van der Waals surface area contributed by atoms with Crippen molar-refractivity contribution in [1.29, 1.82) is 0 Å². The van der Waals surface area contributed by atoms with Gasteiger partial charge < -0.3 is 4.42 Å². The number of fused-ring (bicyclic) bond motifs is 1. The lowest BCUT2D eigenvalue weighted by Gasteiger charge is -2.13. The second kappa shape index (κ2) is 5.06. The molecule has 0 bridgehead atoms. The second-order valence-corrected chi connectivity index (χ2v) is 5.62. The van der Waals surface area contributed by atoms with Crippen LogP contribution in [0.15, 0.2) is 39.5 Å². The normalized spacial score (nSPS) is 11.5. The fourth-order valence-electron chi connectivity index (χ4n) is 1.62. The van der Waals surface area contributed by atoms with Gasteiger partial charge in [-0.3, -0.25) is 4.79 Å². The van der Waals surface area contributed by atoms with Crippen LogP contribution in [0.2, 0.25) is 0 Å². The van der Waals surface area contributed by atoms with E-state index < -0.39 is 21.7 Å². The van der Waals surface area contributed by atoms with Gasteiger partial charge in [0.25, 0.3) is 16.0 Å². The van der Waals surface area contributed by atoms with Gasteiger partial charge in [-0.15, -0.1) is 4.28 Å². The quantitative estimate of drug-likeness (QED) is 0.613. The summed E-state index contributed by atoms with van der Waals surface area (Å²) in [6.07, 6.45) is 0.791. The van der Waals surface area contributed by atoms with E-state index >= 15 is 0 Å². The van der Waals surface area contributed by atoms with Crippen LogP contribution in [0, 0.1) is 0 Å². The highest BCUT2D eigenvalue weighted by Crippen LogP contribution is 2.13. The summed E-state index contributed by atoms with van der Waals surface area (Å²) in [4.78, 5) is 23.7. The monoisotopic (exact) mass is 297 g/mol. The molecule has 0 radical (unpaired) electrons. The highest BCUT2D eigenvalue weighted by atomic mass is 32.2. The molecule has 0 saturated heterocycles. The summed E-state index contributed by atoms with van der Waals surface area (Å²) in [6, 6.07) is 7.97. The van der Waals surface area contributed by atoms with E-state index in [2.05, 4.69) is 4.28 Å². The molecule has 0 aliphatic rings. The summed E-state index contributed by atoms with van der Waals surface area (Å²) >= 11 is 0. The molecule has 0 spiro atoms. The number of carbonyl (C=O) groups is 1. The molecule has 2 rings (SSSR count). The van der Waals surface area contributed by atoms with Crippen molar-refractivity contribution >= 4 is 27.0 Å². The third kappa shape index (κ3) is 3.03. The third-order valence-electron chi connectivity index (χ3n) is 2.41. The summed E-state index contributed by atoms with van der Waals surface area (Å²) in [5.74, 6) is -0.907. The van der Waals surface area contributed by atoms with Crippen LogP contribution < -0.4 is 5.63 Å². The van der Waals surface area contributed by atoms with Crippen molar-refractivity contribution in [3.63, 3.8) is 0 Å². The Morgan fingerprint density at radius 1 is 1.30 bits per heavy atom. The molecule has 1 heterocycles. The Kier molecular flexibility index (Phi) is 3.60. The molecule has 1 amide bonds. The molecule has 1 aromatic carbocycles. The predicted molar refractivity (Wildman–Crippen MR) is 70.5 cm³/mol. The van der Waals surface area contributed by atoms with Gasteiger partial charge in [-0.2, -0.15) is 8.42 Å². The SMILES string of the molecule is CN(OS(C)(=O)=O)C(=O)c1cc2ccccc2oc1=O. The first kappa shape index (κ1) is 14.2. The maximum Gasteiger partial charge on any atom is 0.349 e. The van der Waals surface area contributed by atoms with E-state index in [1.807, 2.05) is 0 Å². The van der Waals surface area contributed by atoms with Gasteiger partial charge in [0.15, 0.2) is 0 Å². The van der Waals surface area contributed by atoms with Gasteiger partial charge in [0.05, 0.1) is 6.26 Å². The zero-order chi connectivity index (χ0) is 14.9. The van der Waals surface area contributed by atoms with Crippen molar-refractivity contribution in [3.8, 4) is 0 Å². The molecule has 0 unspecified atom stereocenters. The van der Waals surface area contributed by atoms with Crippen molar-refractivity contribution < 1.29 is 21.9 Å². The minimum atomic E-state index is -3.86. The number of hydrogen-bond donors (Lipinski definition) is 0. The minimum Gasteiger partial charge on any atom is -0.422 e. The number of nitrogens with zero attached hydrogens (tertiary/aromatic N) is 1. The largest absolute Gasteiger partial charge is 0.422 e. The van der Waals surface area contributed by atoms with E-state index in [-0.39, 0.29) is 5.56 Å². The Bertz CT molecular complexity index is 823. The summed E-state index contributed by atoms with van der Waals surface area (Å²) in [6.45, 7) is 0. The van der Waals surface area contributed by atoms with Crippen LogP contribution in [-0.4, -0.2) is 32.7 Å². The topological polar surface area (TPSA) is 93.9 Å². The molecular formula is C12H11NO6S. The second-order valence-electron chi connectivity index (χ2n) is 4.07. The molecule has 0 atom stereocenters. The van der Waals surface area contributed by atoms with Crippen molar-refractivity contribution in [3.05, 3.63) is 46.3 Å². The van der Waals surface area contributed by atoms with E-state index in [0.717, 1.165) is 13.3 Å². The fourth-order valence-corrected chi connectivity index (χ4v) is 2.09. The van der Waals surface area contributed by atoms with Gasteiger partial charge in [0, 0.05) is 12.4 Å².